The Hall–Kier alpha value is -1.49. The van der Waals surface area contributed by atoms with Crippen LogP contribution in [-0.2, 0) is 12.0 Å². The number of piperazine rings is 1. The lowest BCUT2D eigenvalue weighted by Crippen LogP contribution is -2.54. The van der Waals surface area contributed by atoms with Crippen molar-refractivity contribution in [2.24, 2.45) is 11.7 Å². The second-order valence-corrected chi connectivity index (χ2v) is 12.4. The number of hydrogen-bond acceptors (Lipinski definition) is 7. The fraction of sp³-hybridized carbons (Fsp3) is 0.640. The van der Waals surface area contributed by atoms with E-state index in [0.717, 1.165) is 50.3 Å². The minimum absolute atomic E-state index is 0.102. The standard InChI is InChI=1S/C25H35Cl2N7OS/c1-15-14-33(16(2)12-29-15)6-3-7-34(24(35)31-17-8-21(26)32-22(27)9-17)19-4-5-25(10-18(19)25)20-13-30-23(11-28)36-20/h8-9,13,15-16,18-19,29H,3-7,10-12,14,28H2,1-2H3,(H,31,32,35)/t15-,16+,18-,19-,25+/m1/s1. The Morgan fingerprint density at radius 1 is 1.36 bits per heavy atom. The molecular formula is C25H35Cl2N7OS. The van der Waals surface area contributed by atoms with Gasteiger partial charge in [-0.2, -0.15) is 0 Å². The summed E-state index contributed by atoms with van der Waals surface area (Å²) >= 11 is 13.9. The van der Waals surface area contributed by atoms with Crippen LogP contribution in [0.5, 0.6) is 0 Å². The molecule has 1 saturated heterocycles. The number of aromatic nitrogens is 2. The zero-order valence-corrected chi connectivity index (χ0v) is 23.2. The van der Waals surface area contributed by atoms with Crippen molar-refractivity contribution in [2.45, 2.75) is 69.6 Å². The number of nitrogens with zero attached hydrogens (tertiary/aromatic N) is 4. The molecule has 2 saturated carbocycles. The Labute approximate surface area is 226 Å². The first kappa shape index (κ1) is 26.1. The SMILES string of the molecule is C[C@@H]1CN(CCCN(C(=O)Nc2cc(Cl)nc(Cl)c2)[C@@H]2CC[C@]3(c4cnc(CN)s4)C[C@H]23)[C@@H](C)CN1. The summed E-state index contributed by atoms with van der Waals surface area (Å²) in [6.45, 7) is 8.68. The van der Waals surface area contributed by atoms with E-state index in [1.54, 1.807) is 23.5 Å². The van der Waals surface area contributed by atoms with E-state index in [-0.39, 0.29) is 27.8 Å². The molecule has 2 aromatic rings. The quantitative estimate of drug-likeness (QED) is 0.422. The average molecular weight is 553 g/mol. The lowest BCUT2D eigenvalue weighted by atomic mass is 10.0. The molecule has 3 fully saturated rings. The Kier molecular flexibility index (Phi) is 7.77. The molecule has 2 aromatic heterocycles. The van der Waals surface area contributed by atoms with Crippen LogP contribution in [0.4, 0.5) is 10.5 Å². The molecule has 2 amide bonds. The highest BCUT2D eigenvalue weighted by molar-refractivity contribution is 7.11. The second kappa shape index (κ2) is 10.7. The molecule has 3 aliphatic rings. The van der Waals surface area contributed by atoms with Gasteiger partial charge in [0.15, 0.2) is 0 Å². The van der Waals surface area contributed by atoms with Gasteiger partial charge in [-0.15, -0.1) is 11.3 Å². The van der Waals surface area contributed by atoms with Crippen molar-refractivity contribution < 1.29 is 4.79 Å². The normalized spacial score (nSPS) is 29.7. The zero-order chi connectivity index (χ0) is 25.4. The smallest absolute Gasteiger partial charge is 0.322 e. The molecule has 1 aliphatic heterocycles. The maximum Gasteiger partial charge on any atom is 0.322 e. The van der Waals surface area contributed by atoms with Crippen molar-refractivity contribution in [3.63, 3.8) is 0 Å². The van der Waals surface area contributed by atoms with Crippen molar-refractivity contribution in [1.82, 2.24) is 25.1 Å². The summed E-state index contributed by atoms with van der Waals surface area (Å²) < 4.78 is 0. The number of nitrogens with one attached hydrogen (secondary N) is 2. The van der Waals surface area contributed by atoms with Gasteiger partial charge in [0.1, 0.15) is 15.3 Å². The van der Waals surface area contributed by atoms with Crippen molar-refractivity contribution >= 4 is 46.3 Å². The predicted molar refractivity (Wildman–Crippen MR) is 146 cm³/mol. The molecule has 0 unspecified atom stereocenters. The van der Waals surface area contributed by atoms with Crippen molar-refractivity contribution in [3.8, 4) is 0 Å². The van der Waals surface area contributed by atoms with Crippen LogP contribution in [0.3, 0.4) is 0 Å². The fourth-order valence-electron chi connectivity index (χ4n) is 6.15. The number of fused-ring (bicyclic) bond motifs is 1. The molecule has 0 radical (unpaired) electrons. The molecule has 4 N–H and O–H groups in total. The van der Waals surface area contributed by atoms with E-state index >= 15 is 0 Å². The van der Waals surface area contributed by atoms with Gasteiger partial charge in [0, 0.05) is 73.0 Å². The minimum atomic E-state index is -0.102. The van der Waals surface area contributed by atoms with Gasteiger partial charge in [-0.3, -0.25) is 4.90 Å². The Morgan fingerprint density at radius 2 is 2.14 bits per heavy atom. The summed E-state index contributed by atoms with van der Waals surface area (Å²) in [4.78, 5) is 28.0. The summed E-state index contributed by atoms with van der Waals surface area (Å²) in [7, 11) is 0. The molecule has 2 aliphatic carbocycles. The van der Waals surface area contributed by atoms with Crippen LogP contribution in [0.2, 0.25) is 10.3 Å². The number of thiazole rings is 1. The van der Waals surface area contributed by atoms with Crippen LogP contribution in [0.1, 0.15) is 49.4 Å². The Balaban J connectivity index is 1.30. The number of anilines is 1. The van der Waals surface area contributed by atoms with Crippen molar-refractivity contribution in [3.05, 3.63) is 38.5 Å². The van der Waals surface area contributed by atoms with E-state index in [1.807, 2.05) is 6.20 Å². The average Bonchev–Trinajstić information content (AvgIpc) is 3.18. The molecule has 0 spiro atoms. The number of pyridine rings is 1. The van der Waals surface area contributed by atoms with E-state index in [1.165, 1.54) is 4.88 Å². The number of halogens is 2. The van der Waals surface area contributed by atoms with Gasteiger partial charge in [-0.25, -0.2) is 14.8 Å². The topological polar surface area (TPSA) is 99.4 Å². The molecule has 0 aromatic carbocycles. The fourth-order valence-corrected chi connectivity index (χ4v) is 7.70. The molecule has 0 bridgehead atoms. The van der Waals surface area contributed by atoms with Crippen molar-refractivity contribution in [1.29, 1.82) is 0 Å². The number of carbonyl (C=O) groups excluding carboxylic acids is 1. The molecular weight excluding hydrogens is 517 g/mol. The van der Waals surface area contributed by atoms with E-state index in [2.05, 4.69) is 44.2 Å². The molecule has 196 valence electrons. The third-order valence-corrected chi connectivity index (χ3v) is 9.74. The molecule has 3 heterocycles. The Bertz CT molecular complexity index is 1080. The van der Waals surface area contributed by atoms with Crippen molar-refractivity contribution in [2.75, 3.05) is 31.5 Å². The summed E-state index contributed by atoms with van der Waals surface area (Å²) in [5.74, 6) is 0.456. The van der Waals surface area contributed by atoms with Gasteiger partial charge in [0.2, 0.25) is 0 Å². The molecule has 5 atom stereocenters. The maximum absolute atomic E-state index is 13.6. The van der Waals surface area contributed by atoms with Gasteiger partial charge in [-0.1, -0.05) is 23.2 Å². The van der Waals surface area contributed by atoms with Crippen LogP contribution >= 0.6 is 34.5 Å². The highest BCUT2D eigenvalue weighted by atomic mass is 35.5. The minimum Gasteiger partial charge on any atom is -0.325 e. The predicted octanol–water partition coefficient (Wildman–Crippen LogP) is 4.33. The highest BCUT2D eigenvalue weighted by Crippen LogP contribution is 2.66. The first-order chi connectivity index (χ1) is 17.3. The maximum atomic E-state index is 13.6. The summed E-state index contributed by atoms with van der Waals surface area (Å²) in [6.07, 6.45) is 6.11. The van der Waals surface area contributed by atoms with Crippen LogP contribution in [0.15, 0.2) is 18.3 Å². The lowest BCUT2D eigenvalue weighted by molar-refractivity contribution is 0.132. The van der Waals surface area contributed by atoms with E-state index in [0.29, 0.717) is 36.8 Å². The molecule has 11 heteroatoms. The summed E-state index contributed by atoms with van der Waals surface area (Å²) in [5.41, 5.74) is 6.54. The monoisotopic (exact) mass is 551 g/mol. The van der Waals surface area contributed by atoms with Crippen LogP contribution in [0.25, 0.3) is 0 Å². The van der Waals surface area contributed by atoms with E-state index in [4.69, 9.17) is 28.9 Å². The van der Waals surface area contributed by atoms with Gasteiger partial charge in [0.25, 0.3) is 0 Å². The number of carbonyl (C=O) groups is 1. The van der Waals surface area contributed by atoms with E-state index in [9.17, 15) is 4.79 Å². The highest BCUT2D eigenvalue weighted by Gasteiger charge is 2.64. The number of rotatable bonds is 8. The summed E-state index contributed by atoms with van der Waals surface area (Å²) in [5, 5.41) is 8.08. The first-order valence-electron chi connectivity index (χ1n) is 12.8. The third-order valence-electron chi connectivity index (χ3n) is 8.12. The number of urea groups is 1. The number of amides is 2. The third kappa shape index (κ3) is 5.37. The molecule has 8 nitrogen and oxygen atoms in total. The summed E-state index contributed by atoms with van der Waals surface area (Å²) in [6, 6.07) is 4.34. The Morgan fingerprint density at radius 3 is 2.83 bits per heavy atom. The van der Waals surface area contributed by atoms with Crippen LogP contribution in [-0.4, -0.2) is 70.1 Å². The van der Waals surface area contributed by atoms with Gasteiger partial charge in [0.05, 0.1) is 0 Å². The second-order valence-electron chi connectivity index (χ2n) is 10.5. The van der Waals surface area contributed by atoms with Gasteiger partial charge >= 0.3 is 6.03 Å². The first-order valence-corrected chi connectivity index (χ1v) is 14.4. The van der Waals surface area contributed by atoms with Gasteiger partial charge in [-0.05, 0) is 57.6 Å². The van der Waals surface area contributed by atoms with Crippen LogP contribution in [0, 0.1) is 5.92 Å². The molecule has 36 heavy (non-hydrogen) atoms. The zero-order valence-electron chi connectivity index (χ0n) is 20.8. The molecule has 5 rings (SSSR count). The van der Waals surface area contributed by atoms with Crippen LogP contribution < -0.4 is 16.4 Å². The number of hydrogen-bond donors (Lipinski definition) is 3. The number of nitrogens with two attached hydrogens (primary N) is 1. The van der Waals surface area contributed by atoms with E-state index < -0.39 is 0 Å². The largest absolute Gasteiger partial charge is 0.325 e. The lowest BCUT2D eigenvalue weighted by Gasteiger charge is -2.38. The van der Waals surface area contributed by atoms with Gasteiger partial charge < -0.3 is 21.3 Å².